The molecule has 0 unspecified atom stereocenters. The lowest BCUT2D eigenvalue weighted by Gasteiger charge is -2.13. The molecular weight excluding hydrogens is 340 g/mol. The van der Waals surface area contributed by atoms with Crippen molar-refractivity contribution in [3.8, 4) is 0 Å². The molecule has 1 aliphatic carbocycles. The largest absolute Gasteiger partial charge is 0.383 e. The number of rotatable bonds is 3. The average molecular weight is 354 g/mol. The van der Waals surface area contributed by atoms with Gasteiger partial charge in [-0.15, -0.1) is 0 Å². The summed E-state index contributed by atoms with van der Waals surface area (Å²) in [5.74, 6) is 2.59. The molecule has 3 rings (SSSR count). The molecular formula is C14H14BrClN4. The smallest absolute Gasteiger partial charge is 0.139 e. The Morgan fingerprint density at radius 2 is 2.10 bits per heavy atom. The van der Waals surface area contributed by atoms with Gasteiger partial charge in [-0.1, -0.05) is 11.6 Å². The van der Waals surface area contributed by atoms with Gasteiger partial charge in [0.25, 0.3) is 0 Å². The van der Waals surface area contributed by atoms with E-state index in [1.807, 2.05) is 25.1 Å². The Bertz CT molecular complexity index is 670. The normalized spacial score (nSPS) is 14.3. The number of hydrogen-bond acceptors (Lipinski definition) is 4. The molecule has 20 heavy (non-hydrogen) atoms. The van der Waals surface area contributed by atoms with Gasteiger partial charge in [-0.2, -0.15) is 0 Å². The fourth-order valence-electron chi connectivity index (χ4n) is 1.92. The van der Waals surface area contributed by atoms with Crippen molar-refractivity contribution in [1.82, 2.24) is 9.97 Å². The third-order valence-electron chi connectivity index (χ3n) is 3.33. The predicted octanol–water partition coefficient (Wildman–Crippen LogP) is 4.40. The van der Waals surface area contributed by atoms with Gasteiger partial charge >= 0.3 is 0 Å². The van der Waals surface area contributed by atoms with Crippen LogP contribution in [0.2, 0.25) is 5.02 Å². The molecule has 0 saturated heterocycles. The summed E-state index contributed by atoms with van der Waals surface area (Å²) in [5.41, 5.74) is 7.74. The van der Waals surface area contributed by atoms with Gasteiger partial charge in [-0.25, -0.2) is 9.97 Å². The minimum atomic E-state index is 0.465. The summed E-state index contributed by atoms with van der Waals surface area (Å²) >= 11 is 9.43. The zero-order valence-electron chi connectivity index (χ0n) is 11.0. The molecule has 104 valence electrons. The number of benzene rings is 1. The van der Waals surface area contributed by atoms with E-state index in [2.05, 4.69) is 31.2 Å². The maximum absolute atomic E-state index is 5.98. The van der Waals surface area contributed by atoms with Crippen molar-refractivity contribution in [2.24, 2.45) is 0 Å². The fourth-order valence-corrected chi connectivity index (χ4v) is 2.70. The SMILES string of the molecule is Cc1c(N)nc(C2CC2)nc1Nc1ccc(Cl)cc1Br. The van der Waals surface area contributed by atoms with Crippen molar-refractivity contribution in [2.75, 3.05) is 11.1 Å². The van der Waals surface area contributed by atoms with E-state index in [4.69, 9.17) is 17.3 Å². The van der Waals surface area contributed by atoms with Crippen LogP contribution in [0.4, 0.5) is 17.3 Å². The second kappa shape index (κ2) is 5.22. The monoisotopic (exact) mass is 352 g/mol. The van der Waals surface area contributed by atoms with Crippen LogP contribution in [0.1, 0.15) is 30.1 Å². The number of aromatic nitrogens is 2. The van der Waals surface area contributed by atoms with Gasteiger partial charge < -0.3 is 11.1 Å². The molecule has 0 amide bonds. The van der Waals surface area contributed by atoms with E-state index in [0.29, 0.717) is 16.8 Å². The molecule has 0 atom stereocenters. The highest BCUT2D eigenvalue weighted by molar-refractivity contribution is 9.10. The van der Waals surface area contributed by atoms with Gasteiger partial charge in [0, 0.05) is 21.0 Å². The Kier molecular flexibility index (Phi) is 3.56. The van der Waals surface area contributed by atoms with Crippen LogP contribution in [0.25, 0.3) is 0 Å². The molecule has 6 heteroatoms. The van der Waals surface area contributed by atoms with Crippen LogP contribution in [0.3, 0.4) is 0 Å². The number of nitrogens with one attached hydrogen (secondary N) is 1. The second-order valence-corrected chi connectivity index (χ2v) is 6.25. The highest BCUT2D eigenvalue weighted by atomic mass is 79.9. The molecule has 4 nitrogen and oxygen atoms in total. The predicted molar refractivity (Wildman–Crippen MR) is 85.6 cm³/mol. The zero-order chi connectivity index (χ0) is 14.3. The Morgan fingerprint density at radius 1 is 1.35 bits per heavy atom. The summed E-state index contributed by atoms with van der Waals surface area (Å²) in [4.78, 5) is 8.97. The van der Waals surface area contributed by atoms with Crippen LogP contribution in [0, 0.1) is 6.92 Å². The molecule has 0 aliphatic heterocycles. The third kappa shape index (κ3) is 2.74. The van der Waals surface area contributed by atoms with E-state index < -0.39 is 0 Å². The summed E-state index contributed by atoms with van der Waals surface area (Å²) in [7, 11) is 0. The van der Waals surface area contributed by atoms with E-state index in [1.54, 1.807) is 0 Å². The molecule has 1 saturated carbocycles. The molecule has 1 aromatic heterocycles. The van der Waals surface area contributed by atoms with Crippen molar-refractivity contribution < 1.29 is 0 Å². The standard InChI is InChI=1S/C14H14BrClN4/c1-7-12(17)19-14(8-2-3-8)20-13(7)18-11-5-4-9(16)6-10(11)15/h4-6,8H,2-3H2,1H3,(H3,17,18,19,20). The first-order valence-corrected chi connectivity index (χ1v) is 7.58. The lowest BCUT2D eigenvalue weighted by molar-refractivity contribution is 0.927. The topological polar surface area (TPSA) is 63.8 Å². The maximum Gasteiger partial charge on any atom is 0.139 e. The molecule has 0 radical (unpaired) electrons. The minimum Gasteiger partial charge on any atom is -0.383 e. The van der Waals surface area contributed by atoms with Gasteiger partial charge in [0.1, 0.15) is 17.5 Å². The molecule has 0 spiro atoms. The van der Waals surface area contributed by atoms with Crippen LogP contribution in [-0.2, 0) is 0 Å². The number of nitrogens with two attached hydrogens (primary N) is 1. The maximum atomic E-state index is 5.98. The van der Waals surface area contributed by atoms with Crippen molar-refractivity contribution >= 4 is 44.9 Å². The fraction of sp³-hybridized carbons (Fsp3) is 0.286. The first-order valence-electron chi connectivity index (χ1n) is 6.40. The number of nitrogen functional groups attached to an aromatic ring is 1. The third-order valence-corrected chi connectivity index (χ3v) is 4.22. The van der Waals surface area contributed by atoms with Gasteiger partial charge in [-0.05, 0) is 53.9 Å². The summed E-state index contributed by atoms with van der Waals surface area (Å²) < 4.78 is 0.884. The Morgan fingerprint density at radius 3 is 2.75 bits per heavy atom. The minimum absolute atomic E-state index is 0.465. The highest BCUT2D eigenvalue weighted by Gasteiger charge is 2.28. The van der Waals surface area contributed by atoms with Crippen molar-refractivity contribution in [1.29, 1.82) is 0 Å². The molecule has 0 bridgehead atoms. The van der Waals surface area contributed by atoms with Crippen LogP contribution < -0.4 is 11.1 Å². The van der Waals surface area contributed by atoms with Crippen molar-refractivity contribution in [3.05, 3.63) is 39.1 Å². The number of nitrogens with zero attached hydrogens (tertiary/aromatic N) is 2. The Hall–Kier alpha value is -1.33. The molecule has 2 aromatic rings. The average Bonchev–Trinajstić information content (AvgIpc) is 3.22. The molecule has 1 fully saturated rings. The lowest BCUT2D eigenvalue weighted by Crippen LogP contribution is -2.06. The summed E-state index contributed by atoms with van der Waals surface area (Å²) in [6.07, 6.45) is 2.29. The lowest BCUT2D eigenvalue weighted by atomic mass is 10.2. The van der Waals surface area contributed by atoms with Crippen molar-refractivity contribution in [3.63, 3.8) is 0 Å². The van der Waals surface area contributed by atoms with E-state index in [0.717, 1.165) is 40.2 Å². The molecule has 3 N–H and O–H groups in total. The summed E-state index contributed by atoms with van der Waals surface area (Å²) in [6.45, 7) is 1.91. The van der Waals surface area contributed by atoms with Gasteiger partial charge in [-0.3, -0.25) is 0 Å². The first-order chi connectivity index (χ1) is 9.54. The van der Waals surface area contributed by atoms with Gasteiger partial charge in [0.2, 0.25) is 0 Å². The van der Waals surface area contributed by atoms with E-state index >= 15 is 0 Å². The van der Waals surface area contributed by atoms with E-state index in [1.165, 1.54) is 0 Å². The Labute approximate surface area is 130 Å². The van der Waals surface area contributed by atoms with Crippen LogP contribution in [0.15, 0.2) is 22.7 Å². The molecule has 1 heterocycles. The van der Waals surface area contributed by atoms with E-state index in [-0.39, 0.29) is 0 Å². The van der Waals surface area contributed by atoms with Gasteiger partial charge in [0.05, 0.1) is 5.69 Å². The van der Waals surface area contributed by atoms with Crippen LogP contribution in [0.5, 0.6) is 0 Å². The van der Waals surface area contributed by atoms with E-state index in [9.17, 15) is 0 Å². The number of anilines is 3. The van der Waals surface area contributed by atoms with Crippen LogP contribution >= 0.6 is 27.5 Å². The van der Waals surface area contributed by atoms with Gasteiger partial charge in [0.15, 0.2) is 0 Å². The second-order valence-electron chi connectivity index (χ2n) is 4.96. The van der Waals surface area contributed by atoms with Crippen LogP contribution in [-0.4, -0.2) is 9.97 Å². The highest BCUT2D eigenvalue weighted by Crippen LogP contribution is 2.39. The zero-order valence-corrected chi connectivity index (χ0v) is 13.3. The number of hydrogen-bond donors (Lipinski definition) is 2. The summed E-state index contributed by atoms with van der Waals surface area (Å²) in [5, 5.41) is 3.98. The first kappa shape index (κ1) is 13.6. The summed E-state index contributed by atoms with van der Waals surface area (Å²) in [6, 6.07) is 5.57. The molecule has 1 aliphatic rings. The molecule has 1 aromatic carbocycles. The quantitative estimate of drug-likeness (QED) is 0.858. The number of halogens is 2. The Balaban J connectivity index is 1.97. The van der Waals surface area contributed by atoms with Crippen molar-refractivity contribution in [2.45, 2.75) is 25.7 Å².